The first-order chi connectivity index (χ1) is 9.08. The zero-order chi connectivity index (χ0) is 13.8. The van der Waals surface area contributed by atoms with E-state index in [1.54, 1.807) is 36.4 Å². The summed E-state index contributed by atoms with van der Waals surface area (Å²) in [5.41, 5.74) is 1.93. The first-order valence-corrected chi connectivity index (χ1v) is 6.34. The van der Waals surface area contributed by atoms with E-state index in [-0.39, 0.29) is 44.2 Å². The second-order valence-electron chi connectivity index (χ2n) is 3.95. The van der Waals surface area contributed by atoms with Gasteiger partial charge in [0.05, 0.1) is 22.2 Å². The largest absolute Gasteiger partial charge is 2.00 e. The van der Waals surface area contributed by atoms with Crippen LogP contribution in [-0.4, -0.2) is 48.8 Å². The summed E-state index contributed by atoms with van der Waals surface area (Å²) in [6.45, 7) is 0. The smallest absolute Gasteiger partial charge is 0.481 e. The molecule has 0 aliphatic carbocycles. The molecule has 2 aromatic carbocycles. The van der Waals surface area contributed by atoms with Gasteiger partial charge in [0, 0.05) is 5.69 Å². The molecule has 2 N–H and O–H groups in total. The van der Waals surface area contributed by atoms with E-state index < -0.39 is 5.97 Å². The number of anilines is 2. The van der Waals surface area contributed by atoms with Crippen molar-refractivity contribution in [3.05, 3.63) is 58.1 Å². The Morgan fingerprint density at radius 2 is 1.65 bits per heavy atom. The molecule has 3 nitrogen and oxygen atoms in total. The van der Waals surface area contributed by atoms with Gasteiger partial charge in [-0.05, 0) is 23.8 Å². The average Bonchev–Trinajstić information content (AvgIpc) is 2.35. The molecule has 0 spiro atoms. The second kappa shape index (κ2) is 8.11. The molecule has 0 aliphatic rings. The minimum atomic E-state index is -0.889. The predicted octanol–water partition coefficient (Wildman–Crippen LogP) is 3.98. The van der Waals surface area contributed by atoms with Crippen LogP contribution in [-0.2, 0) is 11.2 Å². The van der Waals surface area contributed by atoms with Gasteiger partial charge in [-0.1, -0.05) is 47.5 Å². The van der Waals surface area contributed by atoms with Crippen LogP contribution in [0.15, 0.2) is 42.5 Å². The molecular weight excluding hydrogens is 325 g/mol. The average molecular weight is 336 g/mol. The number of para-hydroxylation sites is 2. The van der Waals surface area contributed by atoms with Crippen molar-refractivity contribution < 1.29 is 9.90 Å². The van der Waals surface area contributed by atoms with Crippen molar-refractivity contribution in [3.63, 3.8) is 0 Å². The van der Waals surface area contributed by atoms with E-state index in [2.05, 4.69) is 5.32 Å². The zero-order valence-electron chi connectivity index (χ0n) is 10.6. The fourth-order valence-electron chi connectivity index (χ4n) is 1.71. The molecule has 0 saturated heterocycles. The number of benzene rings is 2. The Morgan fingerprint density at radius 1 is 1.05 bits per heavy atom. The summed E-state index contributed by atoms with van der Waals surface area (Å²) < 4.78 is 0. The van der Waals surface area contributed by atoms with Gasteiger partial charge in [-0.3, -0.25) is 4.79 Å². The third-order valence-electron chi connectivity index (χ3n) is 2.58. The Kier molecular flexibility index (Phi) is 7.13. The molecule has 0 atom stereocenters. The van der Waals surface area contributed by atoms with Crippen LogP contribution in [0.1, 0.15) is 5.56 Å². The van der Waals surface area contributed by atoms with E-state index in [0.717, 1.165) is 0 Å². The van der Waals surface area contributed by atoms with E-state index in [0.29, 0.717) is 27.0 Å². The normalized spacial score (nSPS) is 9.70. The molecule has 6 heteroatoms. The molecule has 0 saturated carbocycles. The number of aliphatic carboxylic acids is 1. The molecule has 0 radical (unpaired) electrons. The number of carboxylic acids is 1. The summed E-state index contributed by atoms with van der Waals surface area (Å²) in [5, 5.41) is 12.9. The first kappa shape index (κ1) is 17.6. The van der Waals surface area contributed by atoms with E-state index in [9.17, 15) is 4.79 Å². The van der Waals surface area contributed by atoms with Gasteiger partial charge in [0.2, 0.25) is 0 Å². The molecule has 98 valence electrons. The SMILES string of the molecule is O=C(O)Cc1ccccc1Nc1c(Cl)cccc1Cl.[Ca+2]. The molecule has 0 heterocycles. The number of carbonyl (C=O) groups is 1. The molecule has 0 aliphatic heterocycles. The monoisotopic (exact) mass is 335 g/mol. The van der Waals surface area contributed by atoms with Gasteiger partial charge in [-0.15, -0.1) is 0 Å². The van der Waals surface area contributed by atoms with Gasteiger partial charge < -0.3 is 10.4 Å². The maximum atomic E-state index is 10.8. The van der Waals surface area contributed by atoms with E-state index >= 15 is 0 Å². The van der Waals surface area contributed by atoms with Crippen LogP contribution >= 0.6 is 23.2 Å². The van der Waals surface area contributed by atoms with Crippen molar-refractivity contribution in [2.45, 2.75) is 6.42 Å². The van der Waals surface area contributed by atoms with E-state index in [4.69, 9.17) is 28.3 Å². The minimum Gasteiger partial charge on any atom is -0.481 e. The van der Waals surface area contributed by atoms with Crippen LogP contribution in [0.2, 0.25) is 10.0 Å². The molecule has 2 rings (SSSR count). The van der Waals surface area contributed by atoms with Crippen LogP contribution in [0.5, 0.6) is 0 Å². The van der Waals surface area contributed by atoms with Crippen molar-refractivity contribution in [2.75, 3.05) is 5.32 Å². The molecule has 0 unspecified atom stereocenters. The Morgan fingerprint density at radius 3 is 2.25 bits per heavy atom. The number of nitrogens with one attached hydrogen (secondary N) is 1. The number of hydrogen-bond acceptors (Lipinski definition) is 2. The van der Waals surface area contributed by atoms with Crippen molar-refractivity contribution in [2.24, 2.45) is 0 Å². The fourth-order valence-corrected chi connectivity index (χ4v) is 2.20. The fraction of sp³-hybridized carbons (Fsp3) is 0.0714. The summed E-state index contributed by atoms with van der Waals surface area (Å²) in [6, 6.07) is 12.3. The van der Waals surface area contributed by atoms with Crippen LogP contribution < -0.4 is 5.32 Å². The van der Waals surface area contributed by atoms with Crippen molar-refractivity contribution in [1.82, 2.24) is 0 Å². The summed E-state index contributed by atoms with van der Waals surface area (Å²) in [6.07, 6.45) is -0.0642. The standard InChI is InChI=1S/C14H11Cl2NO2.Ca/c15-10-5-3-6-11(16)14(10)17-12-7-2-1-4-9(12)8-13(18)19;/h1-7,17H,8H2,(H,18,19);/q;+2. The van der Waals surface area contributed by atoms with Gasteiger partial charge >= 0.3 is 43.7 Å². The van der Waals surface area contributed by atoms with Gasteiger partial charge in [-0.25, -0.2) is 0 Å². The Balaban J connectivity index is 0.00000200. The molecule has 0 fully saturated rings. The molecule has 2 aromatic rings. The topological polar surface area (TPSA) is 49.3 Å². The van der Waals surface area contributed by atoms with Crippen molar-refractivity contribution >= 4 is 78.3 Å². The van der Waals surface area contributed by atoms with Crippen molar-refractivity contribution in [1.29, 1.82) is 0 Å². The Bertz CT molecular complexity index is 600. The van der Waals surface area contributed by atoms with Gasteiger partial charge in [0.15, 0.2) is 0 Å². The molecule has 20 heavy (non-hydrogen) atoms. The van der Waals surface area contributed by atoms with Gasteiger partial charge in [-0.2, -0.15) is 0 Å². The summed E-state index contributed by atoms with van der Waals surface area (Å²) in [5.74, 6) is -0.889. The number of halogens is 2. The Labute approximate surface area is 156 Å². The maximum absolute atomic E-state index is 10.8. The zero-order valence-corrected chi connectivity index (χ0v) is 14.3. The molecule has 0 amide bonds. The molecule has 0 bridgehead atoms. The van der Waals surface area contributed by atoms with Crippen molar-refractivity contribution in [3.8, 4) is 0 Å². The number of rotatable bonds is 4. The summed E-state index contributed by atoms with van der Waals surface area (Å²) in [7, 11) is 0. The second-order valence-corrected chi connectivity index (χ2v) is 4.76. The van der Waals surface area contributed by atoms with E-state index in [1.807, 2.05) is 6.07 Å². The third-order valence-corrected chi connectivity index (χ3v) is 3.21. The van der Waals surface area contributed by atoms with Crippen LogP contribution in [0, 0.1) is 0 Å². The first-order valence-electron chi connectivity index (χ1n) is 5.58. The van der Waals surface area contributed by atoms with Crippen LogP contribution in [0.4, 0.5) is 11.4 Å². The van der Waals surface area contributed by atoms with Gasteiger partial charge in [0.1, 0.15) is 0 Å². The van der Waals surface area contributed by atoms with Crippen LogP contribution in [0.25, 0.3) is 0 Å². The quantitative estimate of drug-likeness (QED) is 0.830. The third kappa shape index (κ3) is 4.54. The number of hydrogen-bond donors (Lipinski definition) is 2. The predicted molar refractivity (Wildman–Crippen MR) is 83.3 cm³/mol. The van der Waals surface area contributed by atoms with Gasteiger partial charge in [0.25, 0.3) is 0 Å². The molecule has 0 aromatic heterocycles. The maximum Gasteiger partial charge on any atom is 2.00 e. The minimum absolute atomic E-state index is 0. The summed E-state index contributed by atoms with van der Waals surface area (Å²) >= 11 is 12.1. The van der Waals surface area contributed by atoms with E-state index in [1.165, 1.54) is 0 Å². The number of carboxylic acid groups (broad SMARTS) is 1. The summed E-state index contributed by atoms with van der Waals surface area (Å²) in [4.78, 5) is 10.8. The Hall–Kier alpha value is -0.450. The molecular formula is C14H11CaCl2NO2+2. The van der Waals surface area contributed by atoms with Crippen LogP contribution in [0.3, 0.4) is 0 Å².